The van der Waals surface area contributed by atoms with Crippen LogP contribution in [0, 0.1) is 6.92 Å². The highest BCUT2D eigenvalue weighted by Crippen LogP contribution is 2.40. The van der Waals surface area contributed by atoms with Gasteiger partial charge in [0.25, 0.3) is 5.91 Å². The lowest BCUT2D eigenvalue weighted by Gasteiger charge is -2.37. The number of aryl methyl sites for hydroxylation is 1. The lowest BCUT2D eigenvalue weighted by atomic mass is 9.93. The Labute approximate surface area is 174 Å². The molecule has 4 rings (SSSR count). The molecule has 2 aromatic rings. The topological polar surface area (TPSA) is 92.2 Å². The molecule has 2 N–H and O–H groups in total. The number of hydrogen-bond donors (Lipinski definition) is 2. The summed E-state index contributed by atoms with van der Waals surface area (Å²) < 4.78 is 1.90. The number of thiazole rings is 1. The molecular weight excluding hydrogens is 388 g/mol. The van der Waals surface area contributed by atoms with Crippen molar-refractivity contribution in [1.29, 1.82) is 0 Å². The molecular formula is C20H28N6O2S. The van der Waals surface area contributed by atoms with Gasteiger partial charge in [-0.2, -0.15) is 5.10 Å². The summed E-state index contributed by atoms with van der Waals surface area (Å²) in [5.41, 5.74) is 0.327. The monoisotopic (exact) mass is 416 g/mol. The van der Waals surface area contributed by atoms with E-state index in [0.717, 1.165) is 36.6 Å². The molecule has 0 saturated carbocycles. The van der Waals surface area contributed by atoms with Crippen LogP contribution in [-0.2, 0) is 10.3 Å². The highest BCUT2D eigenvalue weighted by atomic mass is 32.1. The molecule has 9 heteroatoms. The van der Waals surface area contributed by atoms with Crippen molar-refractivity contribution in [2.75, 3.05) is 25.0 Å². The molecule has 8 nitrogen and oxygen atoms in total. The smallest absolute Gasteiger partial charge is 0.256 e. The Hall–Kier alpha value is -2.42. The molecule has 1 atom stereocenters. The summed E-state index contributed by atoms with van der Waals surface area (Å²) in [7, 11) is 0. The summed E-state index contributed by atoms with van der Waals surface area (Å²) in [6.07, 6.45) is 6.71. The highest BCUT2D eigenvalue weighted by Gasteiger charge is 2.37. The molecule has 2 aliphatic heterocycles. The van der Waals surface area contributed by atoms with Crippen molar-refractivity contribution in [3.63, 3.8) is 0 Å². The van der Waals surface area contributed by atoms with E-state index in [-0.39, 0.29) is 23.4 Å². The number of hydrogen-bond acceptors (Lipinski definition) is 6. The number of carbonyl (C=O) groups excluding carboxylic acids is 2. The lowest BCUT2D eigenvalue weighted by molar-refractivity contribution is -0.127. The predicted molar refractivity (Wildman–Crippen MR) is 112 cm³/mol. The molecule has 2 aromatic heterocycles. The number of carbonyl (C=O) groups is 2. The number of aromatic nitrogens is 3. The second-order valence-electron chi connectivity index (χ2n) is 8.44. The van der Waals surface area contributed by atoms with Crippen molar-refractivity contribution in [3.05, 3.63) is 27.8 Å². The van der Waals surface area contributed by atoms with Crippen LogP contribution in [0.25, 0.3) is 0 Å². The number of nitrogens with zero attached hydrogens (tertiary/aromatic N) is 4. The minimum Gasteiger partial charge on any atom is -0.360 e. The van der Waals surface area contributed by atoms with E-state index in [2.05, 4.69) is 34.6 Å². The fraction of sp³-hybridized carbons (Fsp3) is 0.600. The fourth-order valence-corrected chi connectivity index (χ4v) is 4.93. The third-order valence-corrected chi connectivity index (χ3v) is 6.63. The minimum absolute atomic E-state index is 0.0561. The molecule has 4 heterocycles. The SMILES string of the molecule is Cc1cnc(C2CC(C)(C)n3ncc(C(=O)NCCCN4CCCC4=O)c3N2)s1. The van der Waals surface area contributed by atoms with Gasteiger partial charge >= 0.3 is 0 Å². The standard InChI is InChI=1S/C20H28N6O2S/c1-13-11-22-19(29-13)15-10-20(2,3)26-17(24-15)14(12-23-26)18(28)21-7-5-9-25-8-4-6-16(25)27/h11-12,15,24H,4-10H2,1-3H3,(H,21,28). The number of likely N-dealkylation sites (tertiary alicyclic amines) is 1. The summed E-state index contributed by atoms with van der Waals surface area (Å²) in [6.45, 7) is 8.38. The zero-order chi connectivity index (χ0) is 20.6. The minimum atomic E-state index is -0.223. The van der Waals surface area contributed by atoms with E-state index in [1.165, 1.54) is 4.88 Å². The van der Waals surface area contributed by atoms with Crippen LogP contribution in [0.4, 0.5) is 5.82 Å². The molecule has 1 fully saturated rings. The first-order valence-corrected chi connectivity index (χ1v) is 11.0. The van der Waals surface area contributed by atoms with Gasteiger partial charge in [0.1, 0.15) is 16.4 Å². The van der Waals surface area contributed by atoms with E-state index >= 15 is 0 Å². The second-order valence-corrected chi connectivity index (χ2v) is 9.70. The maximum atomic E-state index is 12.8. The quantitative estimate of drug-likeness (QED) is 0.707. The molecule has 0 spiro atoms. The van der Waals surface area contributed by atoms with E-state index in [0.29, 0.717) is 25.1 Å². The van der Waals surface area contributed by atoms with Gasteiger partial charge in [0, 0.05) is 37.1 Å². The summed E-state index contributed by atoms with van der Waals surface area (Å²) in [5, 5.41) is 12.0. The Morgan fingerprint density at radius 3 is 2.93 bits per heavy atom. The Morgan fingerprint density at radius 1 is 1.41 bits per heavy atom. The van der Waals surface area contributed by atoms with Gasteiger partial charge in [-0.15, -0.1) is 11.3 Å². The molecule has 0 aliphatic carbocycles. The van der Waals surface area contributed by atoms with Crippen LogP contribution in [0.15, 0.2) is 12.4 Å². The van der Waals surface area contributed by atoms with Crippen molar-refractivity contribution in [2.24, 2.45) is 0 Å². The average Bonchev–Trinajstić information content (AvgIpc) is 3.38. The van der Waals surface area contributed by atoms with Gasteiger partial charge < -0.3 is 15.5 Å². The molecule has 0 aromatic carbocycles. The van der Waals surface area contributed by atoms with Crippen molar-refractivity contribution in [1.82, 2.24) is 25.0 Å². The van der Waals surface area contributed by atoms with E-state index < -0.39 is 0 Å². The fourth-order valence-electron chi connectivity index (χ4n) is 4.10. The van der Waals surface area contributed by atoms with E-state index in [1.54, 1.807) is 17.5 Å². The molecule has 0 radical (unpaired) electrons. The molecule has 156 valence electrons. The third kappa shape index (κ3) is 4.01. The first-order valence-electron chi connectivity index (χ1n) is 10.2. The van der Waals surface area contributed by atoms with Crippen molar-refractivity contribution in [2.45, 2.75) is 58.0 Å². The second kappa shape index (κ2) is 7.78. The Balaban J connectivity index is 1.42. The maximum Gasteiger partial charge on any atom is 0.256 e. The highest BCUT2D eigenvalue weighted by molar-refractivity contribution is 7.11. The van der Waals surface area contributed by atoms with Gasteiger partial charge in [0.2, 0.25) is 5.91 Å². The van der Waals surface area contributed by atoms with Gasteiger partial charge in [-0.25, -0.2) is 9.67 Å². The molecule has 29 heavy (non-hydrogen) atoms. The van der Waals surface area contributed by atoms with Crippen LogP contribution in [0.1, 0.15) is 65.8 Å². The van der Waals surface area contributed by atoms with Crippen molar-refractivity contribution in [3.8, 4) is 0 Å². The van der Waals surface area contributed by atoms with E-state index in [1.807, 2.05) is 22.7 Å². The van der Waals surface area contributed by atoms with E-state index in [4.69, 9.17) is 0 Å². The number of anilines is 1. The van der Waals surface area contributed by atoms with Crippen molar-refractivity contribution >= 4 is 29.0 Å². The number of rotatable bonds is 6. The van der Waals surface area contributed by atoms with Gasteiger partial charge in [-0.3, -0.25) is 9.59 Å². The third-order valence-electron chi connectivity index (χ3n) is 5.60. The van der Waals surface area contributed by atoms with Crippen molar-refractivity contribution < 1.29 is 9.59 Å². The van der Waals surface area contributed by atoms with Gasteiger partial charge in [0.15, 0.2) is 0 Å². The molecule has 2 aliphatic rings. The van der Waals surface area contributed by atoms with Crippen LogP contribution in [0.3, 0.4) is 0 Å². The number of fused-ring (bicyclic) bond motifs is 1. The van der Waals surface area contributed by atoms with Crippen LogP contribution < -0.4 is 10.6 Å². The van der Waals surface area contributed by atoms with Gasteiger partial charge in [-0.1, -0.05) is 0 Å². The summed E-state index contributed by atoms with van der Waals surface area (Å²) in [6, 6.07) is 0.0561. The lowest BCUT2D eigenvalue weighted by Crippen LogP contribution is -2.38. The van der Waals surface area contributed by atoms with E-state index in [9.17, 15) is 9.59 Å². The largest absolute Gasteiger partial charge is 0.360 e. The summed E-state index contributed by atoms with van der Waals surface area (Å²) in [4.78, 5) is 32.1. The molecule has 2 amide bonds. The average molecular weight is 417 g/mol. The zero-order valence-electron chi connectivity index (χ0n) is 17.2. The first-order chi connectivity index (χ1) is 13.8. The molecule has 0 bridgehead atoms. The first kappa shape index (κ1) is 19.9. The van der Waals surface area contributed by atoms with Crippen LogP contribution in [0.2, 0.25) is 0 Å². The van der Waals surface area contributed by atoms with Crippen LogP contribution >= 0.6 is 11.3 Å². The molecule has 1 saturated heterocycles. The zero-order valence-corrected chi connectivity index (χ0v) is 18.0. The maximum absolute atomic E-state index is 12.8. The summed E-state index contributed by atoms with van der Waals surface area (Å²) >= 11 is 1.68. The Kier molecular flexibility index (Phi) is 5.33. The Bertz CT molecular complexity index is 918. The molecule has 1 unspecified atom stereocenters. The van der Waals surface area contributed by atoms with Gasteiger partial charge in [-0.05, 0) is 40.0 Å². The summed E-state index contributed by atoms with van der Waals surface area (Å²) in [5.74, 6) is 0.821. The van der Waals surface area contributed by atoms with Crippen LogP contribution in [0.5, 0.6) is 0 Å². The number of nitrogens with one attached hydrogen (secondary N) is 2. The van der Waals surface area contributed by atoms with Crippen LogP contribution in [-0.4, -0.2) is 51.1 Å². The van der Waals surface area contributed by atoms with Gasteiger partial charge in [0.05, 0.1) is 17.8 Å². The predicted octanol–water partition coefficient (Wildman–Crippen LogP) is 2.68. The Morgan fingerprint density at radius 2 is 2.24 bits per heavy atom. The normalized spacial score (nSPS) is 20.4. The number of amides is 2.